The van der Waals surface area contributed by atoms with Crippen molar-refractivity contribution in [2.45, 2.75) is 31.4 Å². The summed E-state index contributed by atoms with van der Waals surface area (Å²) in [7, 11) is 1.69. The van der Waals surface area contributed by atoms with Gasteiger partial charge in [-0.25, -0.2) is 0 Å². The first-order valence-corrected chi connectivity index (χ1v) is 9.42. The summed E-state index contributed by atoms with van der Waals surface area (Å²) in [5.41, 5.74) is 1.19. The molecule has 0 unspecified atom stereocenters. The van der Waals surface area contributed by atoms with E-state index in [2.05, 4.69) is 34.5 Å². The van der Waals surface area contributed by atoms with Gasteiger partial charge in [0.25, 0.3) is 0 Å². The second kappa shape index (κ2) is 7.64. The molecule has 0 aromatic heterocycles. The van der Waals surface area contributed by atoms with Crippen molar-refractivity contribution in [2.75, 3.05) is 33.4 Å². The lowest BCUT2D eigenvalue weighted by Crippen LogP contribution is -2.40. The lowest BCUT2D eigenvalue weighted by Gasteiger charge is -2.33. The molecule has 1 heterocycles. The number of ether oxygens (including phenoxy) is 2. The van der Waals surface area contributed by atoms with E-state index in [1.54, 1.807) is 7.11 Å². The van der Waals surface area contributed by atoms with Crippen LogP contribution in [0.1, 0.15) is 30.9 Å². The zero-order chi connectivity index (χ0) is 17.9. The fraction of sp³-hybridized carbons (Fsp3) is 0.476. The second-order valence-electron chi connectivity index (χ2n) is 7.22. The molecule has 0 radical (unpaired) electrons. The Kier molecular flexibility index (Phi) is 5.09. The predicted octanol–water partition coefficient (Wildman–Crippen LogP) is 2.89. The van der Waals surface area contributed by atoms with Crippen LogP contribution in [0.2, 0.25) is 0 Å². The first-order valence-electron chi connectivity index (χ1n) is 9.42. The van der Waals surface area contributed by atoms with Crippen LogP contribution in [0.5, 0.6) is 5.75 Å². The second-order valence-corrected chi connectivity index (χ2v) is 7.22. The van der Waals surface area contributed by atoms with Crippen molar-refractivity contribution >= 4 is 16.7 Å². The molecule has 2 aromatic carbocycles. The smallest absolute Gasteiger partial charge is 0.221 e. The number of hydrogen-bond acceptors (Lipinski definition) is 4. The van der Waals surface area contributed by atoms with Gasteiger partial charge < -0.3 is 14.8 Å². The van der Waals surface area contributed by atoms with Crippen LogP contribution in [0.3, 0.4) is 0 Å². The molecule has 2 fully saturated rings. The number of benzene rings is 2. The molecule has 1 amide bonds. The van der Waals surface area contributed by atoms with E-state index < -0.39 is 0 Å². The molecule has 1 aliphatic carbocycles. The maximum atomic E-state index is 11.9. The van der Waals surface area contributed by atoms with Crippen LogP contribution in [-0.4, -0.2) is 50.2 Å². The Labute approximate surface area is 154 Å². The molecule has 2 aromatic rings. The van der Waals surface area contributed by atoms with Gasteiger partial charge in [-0.05, 0) is 47.4 Å². The molecule has 5 heteroatoms. The van der Waals surface area contributed by atoms with Crippen LogP contribution in [0.25, 0.3) is 10.8 Å². The maximum Gasteiger partial charge on any atom is 0.221 e. The normalized spacial score (nSPS) is 20.9. The number of methoxy groups -OCH3 is 1. The topological polar surface area (TPSA) is 50.8 Å². The van der Waals surface area contributed by atoms with Gasteiger partial charge in [0.1, 0.15) is 5.75 Å². The van der Waals surface area contributed by atoms with Crippen molar-refractivity contribution in [1.82, 2.24) is 10.2 Å². The van der Waals surface area contributed by atoms with Crippen molar-refractivity contribution < 1.29 is 14.3 Å². The zero-order valence-corrected chi connectivity index (χ0v) is 15.2. The van der Waals surface area contributed by atoms with Crippen molar-refractivity contribution in [3.63, 3.8) is 0 Å². The first kappa shape index (κ1) is 17.3. The van der Waals surface area contributed by atoms with Gasteiger partial charge in [-0.15, -0.1) is 0 Å². The minimum atomic E-state index is 0.0572. The van der Waals surface area contributed by atoms with Crippen molar-refractivity contribution in [1.29, 1.82) is 0 Å². The largest absolute Gasteiger partial charge is 0.497 e. The Hall–Kier alpha value is -2.11. The van der Waals surface area contributed by atoms with Crippen LogP contribution in [0, 0.1) is 0 Å². The summed E-state index contributed by atoms with van der Waals surface area (Å²) in [6.07, 6.45) is 2.90. The molecule has 1 N–H and O–H groups in total. The maximum absolute atomic E-state index is 11.9. The number of carbonyl (C=O) groups excluding carboxylic acids is 1. The van der Waals surface area contributed by atoms with Crippen LogP contribution in [0.15, 0.2) is 36.4 Å². The molecule has 26 heavy (non-hydrogen) atoms. The van der Waals surface area contributed by atoms with E-state index in [-0.39, 0.29) is 12.0 Å². The van der Waals surface area contributed by atoms with Gasteiger partial charge in [0.15, 0.2) is 0 Å². The number of amides is 1. The Bertz CT molecular complexity index is 788. The molecule has 0 spiro atoms. The average Bonchev–Trinajstić information content (AvgIpc) is 3.49. The fourth-order valence-corrected chi connectivity index (χ4v) is 3.46. The number of morpholine rings is 1. The van der Waals surface area contributed by atoms with E-state index in [4.69, 9.17) is 9.47 Å². The van der Waals surface area contributed by atoms with E-state index in [1.807, 2.05) is 12.1 Å². The van der Waals surface area contributed by atoms with E-state index in [1.165, 1.54) is 10.9 Å². The van der Waals surface area contributed by atoms with Gasteiger partial charge in [-0.2, -0.15) is 0 Å². The van der Waals surface area contributed by atoms with E-state index in [0.717, 1.165) is 43.6 Å². The third-order valence-electron chi connectivity index (χ3n) is 5.19. The molecular weight excluding hydrogens is 328 g/mol. The highest BCUT2D eigenvalue weighted by atomic mass is 16.5. The standard InChI is InChI=1S/C21H26N2O3/c1-25-19-7-4-15-12-17(3-2-16(15)13-19)20-14-23(10-11-26-20)9-8-21(24)22-18-5-6-18/h2-4,7,12-13,18,20H,5-6,8-11,14H2,1H3,(H,22,24)/t20-/m1/s1. The molecule has 1 aliphatic heterocycles. The van der Waals surface area contributed by atoms with Gasteiger partial charge >= 0.3 is 0 Å². The average molecular weight is 354 g/mol. The Morgan fingerprint density at radius 1 is 1.23 bits per heavy atom. The summed E-state index contributed by atoms with van der Waals surface area (Å²) in [4.78, 5) is 14.2. The van der Waals surface area contributed by atoms with Gasteiger partial charge in [0.2, 0.25) is 5.91 Å². The summed E-state index contributed by atoms with van der Waals surface area (Å²) in [5, 5.41) is 5.41. The number of fused-ring (bicyclic) bond motifs is 1. The minimum Gasteiger partial charge on any atom is -0.497 e. The zero-order valence-electron chi connectivity index (χ0n) is 15.2. The molecule has 2 aliphatic rings. The van der Waals surface area contributed by atoms with Crippen LogP contribution in [-0.2, 0) is 9.53 Å². The Morgan fingerprint density at radius 2 is 2.04 bits per heavy atom. The molecule has 5 nitrogen and oxygen atoms in total. The summed E-state index contributed by atoms with van der Waals surface area (Å²) >= 11 is 0. The van der Waals surface area contributed by atoms with Gasteiger partial charge in [-0.1, -0.05) is 18.2 Å². The van der Waals surface area contributed by atoms with E-state index >= 15 is 0 Å². The van der Waals surface area contributed by atoms with E-state index in [0.29, 0.717) is 19.1 Å². The molecule has 1 saturated carbocycles. The van der Waals surface area contributed by atoms with Gasteiger partial charge in [0.05, 0.1) is 19.8 Å². The fourth-order valence-electron chi connectivity index (χ4n) is 3.46. The summed E-state index contributed by atoms with van der Waals surface area (Å²) in [6, 6.07) is 13.0. The number of nitrogens with zero attached hydrogens (tertiary/aromatic N) is 1. The highest BCUT2D eigenvalue weighted by Gasteiger charge is 2.25. The van der Waals surface area contributed by atoms with Crippen molar-refractivity contribution in [3.05, 3.63) is 42.0 Å². The van der Waals surface area contributed by atoms with Crippen LogP contribution in [0.4, 0.5) is 0 Å². The molecule has 0 bridgehead atoms. The lowest BCUT2D eigenvalue weighted by atomic mass is 10.0. The number of nitrogens with one attached hydrogen (secondary N) is 1. The summed E-state index contributed by atoms with van der Waals surface area (Å²) in [6.45, 7) is 3.22. The number of carbonyl (C=O) groups is 1. The monoisotopic (exact) mass is 354 g/mol. The molecule has 1 atom stereocenters. The summed E-state index contributed by atoms with van der Waals surface area (Å²) in [5.74, 6) is 1.05. The SMILES string of the molecule is COc1ccc2cc([C@H]3CN(CCC(=O)NC4CC4)CCO3)ccc2c1. The molecule has 1 saturated heterocycles. The molecule has 4 rings (SSSR count). The van der Waals surface area contributed by atoms with Crippen molar-refractivity contribution in [2.24, 2.45) is 0 Å². The molecule has 138 valence electrons. The van der Waals surface area contributed by atoms with Crippen LogP contribution < -0.4 is 10.1 Å². The van der Waals surface area contributed by atoms with E-state index in [9.17, 15) is 4.79 Å². The number of rotatable bonds is 6. The van der Waals surface area contributed by atoms with Gasteiger partial charge in [0, 0.05) is 32.1 Å². The van der Waals surface area contributed by atoms with Crippen molar-refractivity contribution in [3.8, 4) is 5.75 Å². The predicted molar refractivity (Wildman–Crippen MR) is 101 cm³/mol. The minimum absolute atomic E-state index is 0.0572. The highest BCUT2D eigenvalue weighted by Crippen LogP contribution is 2.28. The highest BCUT2D eigenvalue weighted by molar-refractivity contribution is 5.84. The first-order chi connectivity index (χ1) is 12.7. The molecular formula is C21H26N2O3. The third kappa shape index (κ3) is 4.17. The summed E-state index contributed by atoms with van der Waals surface area (Å²) < 4.78 is 11.3. The third-order valence-corrected chi connectivity index (χ3v) is 5.19. The quantitative estimate of drug-likeness (QED) is 0.867. The van der Waals surface area contributed by atoms with Gasteiger partial charge in [-0.3, -0.25) is 9.69 Å². The number of hydrogen-bond donors (Lipinski definition) is 1. The lowest BCUT2D eigenvalue weighted by molar-refractivity contribution is -0.122. The van der Waals surface area contributed by atoms with Crippen LogP contribution >= 0.6 is 0 Å². The Balaban J connectivity index is 1.38. The Morgan fingerprint density at radius 3 is 2.85 bits per heavy atom.